The fourth-order valence-corrected chi connectivity index (χ4v) is 11.3. The summed E-state index contributed by atoms with van der Waals surface area (Å²) in [4.78, 5) is 50.4. The molecule has 28 heteroatoms. The molecule has 3 saturated heterocycles. The van der Waals surface area contributed by atoms with Crippen molar-refractivity contribution in [3.8, 4) is 33.4 Å². The van der Waals surface area contributed by atoms with Crippen LogP contribution in [0.4, 0.5) is 17.5 Å². The number of nitrogens with one attached hydrogen (secondary N) is 6. The number of carbonyl (C=O) groups is 3. The van der Waals surface area contributed by atoms with Gasteiger partial charge in [0.25, 0.3) is 0 Å². The number of fused-ring (bicyclic) bond motifs is 3. The number of nitrogens with two attached hydrogens (primary N) is 3. The Bertz CT molecular complexity index is 3560. The van der Waals surface area contributed by atoms with Gasteiger partial charge in [0, 0.05) is 143 Å². The number of aromatic nitrogens is 15. The number of anilines is 3. The summed E-state index contributed by atoms with van der Waals surface area (Å²) < 4.78 is 10.9. The molecule has 12 heterocycles. The van der Waals surface area contributed by atoms with Crippen molar-refractivity contribution in [2.75, 3.05) is 50.9 Å². The molecule has 3 amide bonds. The van der Waals surface area contributed by atoms with Crippen molar-refractivity contribution in [3.05, 3.63) is 89.5 Å². The summed E-state index contributed by atoms with van der Waals surface area (Å²) >= 11 is 3.61. The van der Waals surface area contributed by atoms with Crippen molar-refractivity contribution in [1.29, 1.82) is 0 Å². The van der Waals surface area contributed by atoms with Crippen LogP contribution in [0.5, 0.6) is 0 Å². The molecule has 81 heavy (non-hydrogen) atoms. The monoisotopic (exact) mass is 1170 g/mol. The Morgan fingerprint density at radius 1 is 0.543 bits per heavy atom. The molecule has 426 valence electrons. The SMILES string of the molecule is CC(C)NC(=O)[C@@H]1CC[C@H](c2nc3c(-c4cnn(C)c4)cnn3c(N)c2Br)CN1.CNC(=O)[C@@H]1CC[C@H](c2cc(N)n3ncc(-c4cnn(C)c4)c3n2)CN1.CNC(=O)[C@@H]1CC[C@H](c2cc(N)n3ncc(-c4cnn(C)c4)c3n2)CN1. The molecule has 12 rings (SSSR count). The van der Waals surface area contributed by atoms with Gasteiger partial charge in [-0.25, -0.2) is 15.0 Å². The maximum absolute atomic E-state index is 12.3. The van der Waals surface area contributed by atoms with Gasteiger partial charge in [0.05, 0.1) is 76.9 Å². The summed E-state index contributed by atoms with van der Waals surface area (Å²) in [6.45, 7) is 5.98. The van der Waals surface area contributed by atoms with Gasteiger partial charge in [-0.3, -0.25) is 28.4 Å². The second-order valence-electron chi connectivity index (χ2n) is 21.1. The van der Waals surface area contributed by atoms with Crippen molar-refractivity contribution in [2.45, 2.75) is 94.3 Å². The number of hydrogen-bond acceptors (Lipinski definition) is 18. The highest BCUT2D eigenvalue weighted by Gasteiger charge is 2.32. The molecule has 3 fully saturated rings. The zero-order valence-electron chi connectivity index (χ0n) is 46.3. The molecule has 9 aromatic heterocycles. The minimum Gasteiger partial charge on any atom is -0.384 e. The lowest BCUT2D eigenvalue weighted by molar-refractivity contribution is -0.124. The molecule has 0 radical (unpaired) electrons. The minimum absolute atomic E-state index is 0.0287. The largest absolute Gasteiger partial charge is 0.384 e. The first-order chi connectivity index (χ1) is 39.0. The zero-order chi connectivity index (χ0) is 57.2. The molecular formula is C53H69BrN24O3. The third-order valence-electron chi connectivity index (χ3n) is 15.1. The number of nitrogen functional groups attached to an aromatic ring is 3. The summed E-state index contributed by atoms with van der Waals surface area (Å²) in [5.41, 5.74) is 29.2. The molecule has 0 bridgehead atoms. The summed E-state index contributed by atoms with van der Waals surface area (Å²) in [6, 6.07) is 3.43. The van der Waals surface area contributed by atoms with Crippen molar-refractivity contribution in [1.82, 2.24) is 105 Å². The van der Waals surface area contributed by atoms with Crippen molar-refractivity contribution in [2.24, 2.45) is 21.1 Å². The Kier molecular flexibility index (Phi) is 16.4. The summed E-state index contributed by atoms with van der Waals surface area (Å²) in [5.74, 6) is 2.29. The first-order valence-corrected chi connectivity index (χ1v) is 27.8. The average Bonchev–Trinajstić information content (AvgIpc) is 4.45. The van der Waals surface area contributed by atoms with Crippen LogP contribution in [0.3, 0.4) is 0 Å². The van der Waals surface area contributed by atoms with E-state index in [0.717, 1.165) is 105 Å². The Morgan fingerprint density at radius 2 is 0.926 bits per heavy atom. The maximum Gasteiger partial charge on any atom is 0.237 e. The van der Waals surface area contributed by atoms with Gasteiger partial charge in [-0.05, 0) is 68.3 Å². The van der Waals surface area contributed by atoms with E-state index >= 15 is 0 Å². The predicted molar refractivity (Wildman–Crippen MR) is 309 cm³/mol. The highest BCUT2D eigenvalue weighted by molar-refractivity contribution is 9.10. The lowest BCUT2D eigenvalue weighted by Crippen LogP contribution is -2.50. The quantitative estimate of drug-likeness (QED) is 0.0949. The molecule has 0 spiro atoms. The van der Waals surface area contributed by atoms with Crippen molar-refractivity contribution in [3.63, 3.8) is 0 Å². The van der Waals surface area contributed by atoms with E-state index in [0.29, 0.717) is 42.7 Å². The van der Waals surface area contributed by atoms with Gasteiger partial charge in [0.1, 0.15) is 17.5 Å². The molecule has 0 aromatic carbocycles. The highest BCUT2D eigenvalue weighted by Crippen LogP contribution is 2.37. The molecule has 0 saturated carbocycles. The second-order valence-corrected chi connectivity index (χ2v) is 21.9. The van der Waals surface area contributed by atoms with Crippen molar-refractivity contribution < 1.29 is 14.4 Å². The Morgan fingerprint density at radius 3 is 1.28 bits per heavy atom. The lowest BCUT2D eigenvalue weighted by atomic mass is 9.91. The molecule has 3 aliphatic heterocycles. The minimum atomic E-state index is -0.172. The number of amides is 3. The van der Waals surface area contributed by atoms with Crippen molar-refractivity contribution >= 4 is 68.0 Å². The highest BCUT2D eigenvalue weighted by atomic mass is 79.9. The molecule has 9 aromatic rings. The van der Waals surface area contributed by atoms with Gasteiger partial charge in [-0.2, -0.15) is 44.1 Å². The number of carbonyl (C=O) groups excluding carboxylic acids is 3. The molecule has 27 nitrogen and oxygen atoms in total. The van der Waals surface area contributed by atoms with Crippen LogP contribution < -0.4 is 49.1 Å². The van der Waals surface area contributed by atoms with Crippen LogP contribution in [0, 0.1) is 0 Å². The van der Waals surface area contributed by atoms with E-state index in [1.807, 2.05) is 65.7 Å². The molecule has 0 unspecified atom stereocenters. The van der Waals surface area contributed by atoms with Gasteiger partial charge in [-0.15, -0.1) is 0 Å². The number of piperidine rings is 3. The first-order valence-electron chi connectivity index (χ1n) is 27.0. The number of rotatable bonds is 10. The average molecular weight is 1170 g/mol. The van der Waals surface area contributed by atoms with Gasteiger partial charge < -0.3 is 49.1 Å². The third-order valence-corrected chi connectivity index (χ3v) is 15.9. The van der Waals surface area contributed by atoms with Crippen LogP contribution in [0.1, 0.15) is 87.2 Å². The summed E-state index contributed by atoms with van der Waals surface area (Å²) in [6.07, 6.45) is 21.3. The van der Waals surface area contributed by atoms with Crippen LogP contribution in [0.25, 0.3) is 50.3 Å². The Labute approximate surface area is 474 Å². The second kappa shape index (κ2) is 23.8. The number of halogens is 1. The fourth-order valence-electron chi connectivity index (χ4n) is 10.7. The van der Waals surface area contributed by atoms with E-state index in [1.54, 1.807) is 78.9 Å². The van der Waals surface area contributed by atoms with E-state index in [1.165, 1.54) is 0 Å². The Hall–Kier alpha value is -8.34. The number of likely N-dealkylation sites (N-methyl/N-ethyl adjacent to an activating group) is 2. The molecule has 6 atom stereocenters. The molecule has 0 aliphatic carbocycles. The maximum atomic E-state index is 12.3. The first kappa shape index (κ1) is 56.0. The predicted octanol–water partition coefficient (Wildman–Crippen LogP) is 2.42. The van der Waals surface area contributed by atoms with Crippen LogP contribution in [-0.2, 0) is 35.5 Å². The van der Waals surface area contributed by atoms with Gasteiger partial charge >= 0.3 is 0 Å². The van der Waals surface area contributed by atoms with E-state index in [-0.39, 0.29) is 59.6 Å². The van der Waals surface area contributed by atoms with Gasteiger partial charge in [0.2, 0.25) is 17.7 Å². The van der Waals surface area contributed by atoms with Crippen LogP contribution in [-0.4, -0.2) is 149 Å². The normalized spacial score (nSPS) is 20.2. The Balaban J connectivity index is 0.000000137. The topological polar surface area (TPSA) is 345 Å². The molecular weight excluding hydrogens is 1100 g/mol. The van der Waals surface area contributed by atoms with Crippen LogP contribution in [0.15, 0.2) is 72.4 Å². The van der Waals surface area contributed by atoms with E-state index in [9.17, 15) is 14.4 Å². The smallest absolute Gasteiger partial charge is 0.237 e. The van der Waals surface area contributed by atoms with E-state index < -0.39 is 0 Å². The zero-order valence-corrected chi connectivity index (χ0v) is 47.9. The number of hydrogen-bond donors (Lipinski definition) is 9. The van der Waals surface area contributed by atoms with Gasteiger partial charge in [-0.1, -0.05) is 0 Å². The van der Waals surface area contributed by atoms with Crippen LogP contribution in [0.2, 0.25) is 0 Å². The lowest BCUT2D eigenvalue weighted by Gasteiger charge is -2.30. The molecule has 12 N–H and O–H groups in total. The fraction of sp³-hybridized carbons (Fsp3) is 0.434. The molecule has 3 aliphatic rings. The van der Waals surface area contributed by atoms with E-state index in [2.05, 4.69) is 78.4 Å². The number of nitrogens with zero attached hydrogens (tertiary/aromatic N) is 15. The summed E-state index contributed by atoms with van der Waals surface area (Å²) in [7, 11) is 8.94. The number of aryl methyl sites for hydroxylation is 3. The van der Waals surface area contributed by atoms with Crippen LogP contribution >= 0.6 is 15.9 Å². The van der Waals surface area contributed by atoms with Gasteiger partial charge in [0.15, 0.2) is 16.9 Å². The standard InChI is InChI=1S/C19H25BrN8O.2C17H22N8O/c1-10(2)25-19(29)14-5-4-11(6-22-14)16-15(20)17(21)28-18(26-16)13(8-24-28)12-7-23-27(3)9-12;2*1-19-17(26)13-4-3-10(6-20-13)14-5-15(18)25-16(23-14)12(8-22-25)11-7-21-24(2)9-11/h7-11,14,22H,4-6,21H2,1-3H3,(H,25,29);2*5,7-10,13,20H,3-4,6,18H2,1-2H3,(H,19,26)/t11-,14-;2*10-,13-/m000/s1. The van der Waals surface area contributed by atoms with E-state index in [4.69, 9.17) is 32.2 Å². The third kappa shape index (κ3) is 11.8. The summed E-state index contributed by atoms with van der Waals surface area (Å²) in [5, 5.41) is 44.1.